The van der Waals surface area contributed by atoms with Crippen LogP contribution in [0, 0.1) is 6.92 Å². The van der Waals surface area contributed by atoms with Crippen LogP contribution in [0.15, 0.2) is 47.1 Å². The zero-order chi connectivity index (χ0) is 15.2. The molecule has 0 fully saturated rings. The van der Waals surface area contributed by atoms with Gasteiger partial charge in [-0.2, -0.15) is 0 Å². The van der Waals surface area contributed by atoms with E-state index in [4.69, 9.17) is 4.42 Å². The van der Waals surface area contributed by atoms with Gasteiger partial charge in [0, 0.05) is 6.54 Å². The molecule has 1 amide bonds. The smallest absolute Gasteiger partial charge is 0.234 e. The lowest BCUT2D eigenvalue weighted by Crippen LogP contribution is -2.36. The van der Waals surface area contributed by atoms with Gasteiger partial charge in [-0.1, -0.05) is 24.3 Å². The number of hydrogen-bond acceptors (Lipinski definition) is 3. The van der Waals surface area contributed by atoms with E-state index in [9.17, 15) is 4.79 Å². The largest absolute Gasteiger partial charge is 0.467 e. The summed E-state index contributed by atoms with van der Waals surface area (Å²) >= 11 is 0. The first-order valence-corrected chi connectivity index (χ1v) is 7.12. The topological polar surface area (TPSA) is 45.5 Å². The summed E-state index contributed by atoms with van der Waals surface area (Å²) in [6.07, 6.45) is 1.61. The molecule has 4 heteroatoms. The molecule has 2 aromatic rings. The van der Waals surface area contributed by atoms with Crippen molar-refractivity contribution in [1.29, 1.82) is 0 Å². The fourth-order valence-electron chi connectivity index (χ4n) is 2.28. The number of nitrogens with zero attached hydrogens (tertiary/aromatic N) is 1. The maximum atomic E-state index is 12.0. The summed E-state index contributed by atoms with van der Waals surface area (Å²) in [6.45, 7) is 5.12. The lowest BCUT2D eigenvalue weighted by atomic mass is 10.1. The molecule has 2 rings (SSSR count). The quantitative estimate of drug-likeness (QED) is 0.888. The molecular formula is C17H22N2O2. The normalized spacial score (nSPS) is 12.4. The summed E-state index contributed by atoms with van der Waals surface area (Å²) in [5.74, 6) is 0.764. The molecule has 0 aliphatic rings. The average molecular weight is 286 g/mol. The highest BCUT2D eigenvalue weighted by Crippen LogP contribution is 2.12. The molecule has 0 radical (unpaired) electrons. The first-order chi connectivity index (χ1) is 10.1. The molecule has 1 aromatic heterocycles. The van der Waals surface area contributed by atoms with E-state index >= 15 is 0 Å². The highest BCUT2D eigenvalue weighted by Gasteiger charge is 2.13. The number of carbonyl (C=O) groups excluding carboxylic acids is 1. The van der Waals surface area contributed by atoms with Crippen molar-refractivity contribution in [3.05, 3.63) is 59.5 Å². The minimum Gasteiger partial charge on any atom is -0.467 e. The van der Waals surface area contributed by atoms with Gasteiger partial charge in [0.1, 0.15) is 5.76 Å². The van der Waals surface area contributed by atoms with Gasteiger partial charge >= 0.3 is 0 Å². The van der Waals surface area contributed by atoms with E-state index in [1.54, 1.807) is 6.26 Å². The fourth-order valence-corrected chi connectivity index (χ4v) is 2.28. The molecule has 1 aromatic carbocycles. The van der Waals surface area contributed by atoms with Crippen LogP contribution in [-0.4, -0.2) is 24.4 Å². The van der Waals surface area contributed by atoms with Crippen molar-refractivity contribution in [2.75, 3.05) is 13.6 Å². The van der Waals surface area contributed by atoms with Crippen molar-refractivity contribution < 1.29 is 9.21 Å². The van der Waals surface area contributed by atoms with Gasteiger partial charge in [0.05, 0.1) is 18.8 Å². The Balaban J connectivity index is 1.83. The number of rotatable bonds is 6. The Labute approximate surface area is 125 Å². The van der Waals surface area contributed by atoms with Crippen LogP contribution in [0.4, 0.5) is 0 Å². The monoisotopic (exact) mass is 286 g/mol. The number of furan rings is 1. The molecule has 112 valence electrons. The molecule has 1 heterocycles. The summed E-state index contributed by atoms with van der Waals surface area (Å²) in [4.78, 5) is 14.0. The lowest BCUT2D eigenvalue weighted by Gasteiger charge is -2.19. The summed E-state index contributed by atoms with van der Waals surface area (Å²) in [6, 6.07) is 11.8. The van der Waals surface area contributed by atoms with Crippen LogP contribution < -0.4 is 5.32 Å². The summed E-state index contributed by atoms with van der Waals surface area (Å²) in [5, 5.41) is 2.94. The fraction of sp³-hybridized carbons (Fsp3) is 0.353. The van der Waals surface area contributed by atoms with E-state index in [1.165, 1.54) is 11.1 Å². The lowest BCUT2D eigenvalue weighted by molar-refractivity contribution is -0.122. The van der Waals surface area contributed by atoms with Crippen molar-refractivity contribution in [3.63, 3.8) is 0 Å². The van der Waals surface area contributed by atoms with E-state index in [1.807, 2.05) is 43.1 Å². The number of benzene rings is 1. The Morgan fingerprint density at radius 3 is 2.71 bits per heavy atom. The van der Waals surface area contributed by atoms with Crippen LogP contribution in [-0.2, 0) is 11.3 Å². The number of likely N-dealkylation sites (N-methyl/N-ethyl adjacent to an activating group) is 1. The molecule has 0 aliphatic carbocycles. The second kappa shape index (κ2) is 7.09. The van der Waals surface area contributed by atoms with E-state index in [0.717, 1.165) is 12.3 Å². The third-order valence-corrected chi connectivity index (χ3v) is 3.46. The van der Waals surface area contributed by atoms with Crippen LogP contribution in [0.2, 0.25) is 0 Å². The molecule has 4 nitrogen and oxygen atoms in total. The molecule has 1 atom stereocenters. The average Bonchev–Trinajstić information content (AvgIpc) is 2.95. The third-order valence-electron chi connectivity index (χ3n) is 3.46. The highest BCUT2D eigenvalue weighted by molar-refractivity contribution is 5.78. The number of nitrogens with one attached hydrogen (secondary N) is 1. The first-order valence-electron chi connectivity index (χ1n) is 7.12. The molecule has 0 aliphatic heterocycles. The molecule has 21 heavy (non-hydrogen) atoms. The van der Waals surface area contributed by atoms with Gasteiger partial charge in [0.15, 0.2) is 0 Å². The summed E-state index contributed by atoms with van der Waals surface area (Å²) in [7, 11) is 1.95. The predicted octanol–water partition coefficient (Wildman–Crippen LogP) is 2.90. The predicted molar refractivity (Wildman–Crippen MR) is 82.8 cm³/mol. The van der Waals surface area contributed by atoms with Gasteiger partial charge in [-0.25, -0.2) is 0 Å². The van der Waals surface area contributed by atoms with Gasteiger partial charge in [0.25, 0.3) is 0 Å². The minimum absolute atomic E-state index is 0.00464. The number of amides is 1. The van der Waals surface area contributed by atoms with Crippen LogP contribution in [0.25, 0.3) is 0 Å². The van der Waals surface area contributed by atoms with Crippen LogP contribution in [0.1, 0.15) is 29.9 Å². The number of carbonyl (C=O) groups is 1. The van der Waals surface area contributed by atoms with Crippen molar-refractivity contribution in [2.45, 2.75) is 26.4 Å². The van der Waals surface area contributed by atoms with Crippen molar-refractivity contribution in [2.24, 2.45) is 0 Å². The standard InChI is InChI=1S/C17H22N2O2/c1-13-7-4-5-8-15(13)11-19(3)12-17(20)18-14(2)16-9-6-10-21-16/h4-10,14H,11-12H2,1-3H3,(H,18,20). The van der Waals surface area contributed by atoms with Crippen molar-refractivity contribution >= 4 is 5.91 Å². The molecule has 0 saturated carbocycles. The highest BCUT2D eigenvalue weighted by atomic mass is 16.3. The molecule has 1 unspecified atom stereocenters. The van der Waals surface area contributed by atoms with Gasteiger partial charge < -0.3 is 9.73 Å². The van der Waals surface area contributed by atoms with E-state index in [-0.39, 0.29) is 11.9 Å². The van der Waals surface area contributed by atoms with Crippen molar-refractivity contribution in [3.8, 4) is 0 Å². The Morgan fingerprint density at radius 1 is 1.29 bits per heavy atom. The molecule has 1 N–H and O–H groups in total. The molecule has 0 bridgehead atoms. The van der Waals surface area contributed by atoms with Gasteiger partial charge in [-0.05, 0) is 44.2 Å². The SMILES string of the molecule is Cc1ccccc1CN(C)CC(=O)NC(C)c1ccco1. The van der Waals surface area contributed by atoms with Gasteiger partial charge in [0.2, 0.25) is 5.91 Å². The summed E-state index contributed by atoms with van der Waals surface area (Å²) in [5.41, 5.74) is 2.49. The first kappa shape index (κ1) is 15.3. The van der Waals surface area contributed by atoms with E-state index in [0.29, 0.717) is 6.54 Å². The zero-order valence-electron chi connectivity index (χ0n) is 12.8. The van der Waals surface area contributed by atoms with Gasteiger partial charge in [-0.3, -0.25) is 9.69 Å². The van der Waals surface area contributed by atoms with Crippen LogP contribution in [0.3, 0.4) is 0 Å². The van der Waals surface area contributed by atoms with Crippen molar-refractivity contribution in [1.82, 2.24) is 10.2 Å². The molecule has 0 saturated heterocycles. The van der Waals surface area contributed by atoms with Gasteiger partial charge in [-0.15, -0.1) is 0 Å². The molecular weight excluding hydrogens is 264 g/mol. The Morgan fingerprint density at radius 2 is 2.05 bits per heavy atom. The zero-order valence-corrected chi connectivity index (χ0v) is 12.8. The van der Waals surface area contributed by atoms with E-state index in [2.05, 4.69) is 24.4 Å². The second-order valence-electron chi connectivity index (χ2n) is 5.40. The Kier molecular flexibility index (Phi) is 5.17. The maximum Gasteiger partial charge on any atom is 0.234 e. The third kappa shape index (κ3) is 4.46. The minimum atomic E-state index is -0.112. The van der Waals surface area contributed by atoms with Crippen LogP contribution in [0.5, 0.6) is 0 Å². The maximum absolute atomic E-state index is 12.0. The number of hydrogen-bond donors (Lipinski definition) is 1. The van der Waals surface area contributed by atoms with E-state index < -0.39 is 0 Å². The number of aryl methyl sites for hydroxylation is 1. The Bertz CT molecular complexity index is 578. The summed E-state index contributed by atoms with van der Waals surface area (Å²) < 4.78 is 5.28. The molecule has 0 spiro atoms. The second-order valence-corrected chi connectivity index (χ2v) is 5.40. The van der Waals surface area contributed by atoms with Crippen LogP contribution >= 0.6 is 0 Å². The Hall–Kier alpha value is -2.07.